The van der Waals surface area contributed by atoms with E-state index in [4.69, 9.17) is 22.1 Å². The molecule has 0 radical (unpaired) electrons. The molecule has 0 saturated heterocycles. The highest BCUT2D eigenvalue weighted by Crippen LogP contribution is 2.49. The molecule has 3 aliphatic rings. The number of hydrogen-bond donors (Lipinski definition) is 2. The lowest BCUT2D eigenvalue weighted by Crippen LogP contribution is -2.60. The van der Waals surface area contributed by atoms with E-state index in [0.29, 0.717) is 67.5 Å². The minimum atomic E-state index is -3.79. The summed E-state index contributed by atoms with van der Waals surface area (Å²) in [6, 6.07) is 10.9. The van der Waals surface area contributed by atoms with E-state index in [0.717, 1.165) is 36.8 Å². The van der Waals surface area contributed by atoms with Crippen molar-refractivity contribution >= 4 is 33.2 Å². The standard InChI is InChI=1S/C36H48ClN3O5S/c1-4-7-9-10-32(41)29-15-11-27(29)22-39-23-36(24-45-33-17-12-26(35(38)42)21-31(33)39)30-16-14-28(37)20-25(30)13-18-34(36)46(43,44)40(6-3)19-8-5-2/h5,9-10,12,14,16-17,20-21,27,29,32,34,41H,2,4,6-8,11,13,15,18-19,22-24H2,1,3H3,(H2,38,42)/b10-9+/t27-,29+,32-,34?,36?/m0/s1. The van der Waals surface area contributed by atoms with Gasteiger partial charge in [-0.05, 0) is 91.8 Å². The van der Waals surface area contributed by atoms with Gasteiger partial charge in [0.2, 0.25) is 15.9 Å². The van der Waals surface area contributed by atoms with Crippen molar-refractivity contribution in [1.82, 2.24) is 4.31 Å². The Morgan fingerprint density at radius 2 is 2.02 bits per heavy atom. The Morgan fingerprint density at radius 1 is 1.22 bits per heavy atom. The number of aryl methyl sites for hydroxylation is 1. The lowest BCUT2D eigenvalue weighted by Gasteiger charge is -2.48. The smallest absolute Gasteiger partial charge is 0.248 e. The highest BCUT2D eigenvalue weighted by atomic mass is 35.5. The first kappa shape index (κ1) is 34.5. The molecule has 46 heavy (non-hydrogen) atoms. The number of nitrogens with zero attached hydrogens (tertiary/aromatic N) is 2. The minimum Gasteiger partial charge on any atom is -0.490 e. The summed E-state index contributed by atoms with van der Waals surface area (Å²) in [4.78, 5) is 14.5. The van der Waals surface area contributed by atoms with Crippen LogP contribution in [-0.2, 0) is 21.9 Å². The van der Waals surface area contributed by atoms with Crippen LogP contribution >= 0.6 is 11.6 Å². The molecule has 0 bridgehead atoms. The number of hydrogen-bond acceptors (Lipinski definition) is 6. The van der Waals surface area contributed by atoms with Gasteiger partial charge in [-0.25, -0.2) is 12.7 Å². The number of aliphatic hydroxyl groups excluding tert-OH is 1. The topological polar surface area (TPSA) is 113 Å². The number of amides is 1. The van der Waals surface area contributed by atoms with Gasteiger partial charge in [0.25, 0.3) is 0 Å². The molecule has 1 heterocycles. The van der Waals surface area contributed by atoms with Crippen molar-refractivity contribution < 1.29 is 23.1 Å². The molecular weight excluding hydrogens is 622 g/mol. The van der Waals surface area contributed by atoms with Crippen LogP contribution in [0.5, 0.6) is 5.75 Å². The first-order valence-corrected chi connectivity index (χ1v) is 18.5. The zero-order valence-corrected chi connectivity index (χ0v) is 28.6. The molecule has 1 saturated carbocycles. The van der Waals surface area contributed by atoms with Crippen molar-refractivity contribution in [1.29, 1.82) is 0 Å². The number of primary amides is 1. The van der Waals surface area contributed by atoms with E-state index in [-0.39, 0.29) is 18.4 Å². The second kappa shape index (κ2) is 14.5. The molecule has 10 heteroatoms. The first-order chi connectivity index (χ1) is 22.0. The van der Waals surface area contributed by atoms with E-state index in [1.54, 1.807) is 28.6 Å². The fourth-order valence-corrected chi connectivity index (χ4v) is 10.2. The van der Waals surface area contributed by atoms with E-state index in [2.05, 4.69) is 24.5 Å². The van der Waals surface area contributed by atoms with Crippen LogP contribution in [0.25, 0.3) is 0 Å². The molecule has 2 aliphatic carbocycles. The van der Waals surface area contributed by atoms with Gasteiger partial charge in [-0.15, -0.1) is 6.58 Å². The van der Waals surface area contributed by atoms with Gasteiger partial charge in [-0.3, -0.25) is 4.79 Å². The third-order valence-electron chi connectivity index (χ3n) is 10.3. The van der Waals surface area contributed by atoms with Crippen LogP contribution in [0, 0.1) is 11.8 Å². The van der Waals surface area contributed by atoms with Gasteiger partial charge in [0.1, 0.15) is 12.4 Å². The molecule has 0 aromatic heterocycles. The van der Waals surface area contributed by atoms with Gasteiger partial charge < -0.3 is 20.5 Å². The SMILES string of the molecule is C=CCCN(CC)S(=O)(=O)C1CCc2cc(Cl)ccc2C12COc1ccc(C(N)=O)cc1N(C[C@@H]1CC[C@H]1[C@@H](O)/C=C/CCC)C2. The Bertz CT molecular complexity index is 1560. The lowest BCUT2D eigenvalue weighted by atomic mass is 9.68. The number of aliphatic hydroxyl groups is 1. The summed E-state index contributed by atoms with van der Waals surface area (Å²) < 4.78 is 37.5. The maximum absolute atomic E-state index is 14.7. The number of sulfonamides is 1. The maximum Gasteiger partial charge on any atom is 0.248 e. The number of benzene rings is 2. The van der Waals surface area contributed by atoms with Gasteiger partial charge in [0.05, 0.1) is 22.5 Å². The number of fused-ring (bicyclic) bond motifs is 3. The van der Waals surface area contributed by atoms with E-state index in [9.17, 15) is 18.3 Å². The fraction of sp³-hybridized carbons (Fsp3) is 0.528. The summed E-state index contributed by atoms with van der Waals surface area (Å²) in [7, 11) is -3.79. The summed E-state index contributed by atoms with van der Waals surface area (Å²) in [5.41, 5.74) is 7.81. The molecule has 1 spiro atoms. The molecule has 3 N–H and O–H groups in total. The average Bonchev–Trinajstić information content (AvgIpc) is 3.16. The molecule has 8 nitrogen and oxygen atoms in total. The summed E-state index contributed by atoms with van der Waals surface area (Å²) >= 11 is 6.48. The zero-order chi connectivity index (χ0) is 33.1. The fourth-order valence-electron chi connectivity index (χ4n) is 7.64. The Kier molecular flexibility index (Phi) is 10.9. The second-order valence-corrected chi connectivity index (χ2v) is 15.6. The van der Waals surface area contributed by atoms with Crippen molar-refractivity contribution in [2.24, 2.45) is 17.6 Å². The van der Waals surface area contributed by atoms with E-state index in [1.165, 1.54) is 0 Å². The zero-order valence-electron chi connectivity index (χ0n) is 27.0. The highest BCUT2D eigenvalue weighted by molar-refractivity contribution is 7.89. The molecule has 5 atom stereocenters. The maximum atomic E-state index is 14.7. The lowest BCUT2D eigenvalue weighted by molar-refractivity contribution is 0.0456. The van der Waals surface area contributed by atoms with Crippen LogP contribution in [-0.4, -0.2) is 67.9 Å². The largest absolute Gasteiger partial charge is 0.490 e. The Balaban J connectivity index is 1.62. The van der Waals surface area contributed by atoms with Crippen LogP contribution in [0.3, 0.4) is 0 Å². The molecular formula is C36H48ClN3O5S. The van der Waals surface area contributed by atoms with Gasteiger partial charge >= 0.3 is 0 Å². The van der Waals surface area contributed by atoms with Crippen molar-refractivity contribution in [2.45, 2.75) is 75.6 Å². The molecule has 5 rings (SSSR count). The molecule has 2 aromatic carbocycles. The molecule has 1 amide bonds. The van der Waals surface area contributed by atoms with Crippen molar-refractivity contribution in [2.75, 3.05) is 37.7 Å². The summed E-state index contributed by atoms with van der Waals surface area (Å²) in [6.45, 7) is 9.59. The summed E-state index contributed by atoms with van der Waals surface area (Å²) in [5.74, 6) is 0.294. The third kappa shape index (κ3) is 6.75. The Labute approximate surface area is 279 Å². The predicted molar refractivity (Wildman–Crippen MR) is 185 cm³/mol. The Hall–Kier alpha value is -2.85. The number of halogens is 1. The van der Waals surface area contributed by atoms with Crippen LogP contribution in [0.4, 0.5) is 5.69 Å². The quantitative estimate of drug-likeness (QED) is 0.258. The van der Waals surface area contributed by atoms with Crippen molar-refractivity contribution in [3.63, 3.8) is 0 Å². The normalized spacial score (nSPS) is 25.0. The number of allylic oxidation sites excluding steroid dienone is 1. The number of unbranched alkanes of at least 4 members (excludes halogenated alkanes) is 1. The number of carbonyl (C=O) groups excluding carboxylic acids is 1. The number of rotatable bonds is 13. The molecule has 2 aromatic rings. The summed E-state index contributed by atoms with van der Waals surface area (Å²) in [5, 5.41) is 10.9. The average molecular weight is 670 g/mol. The molecule has 1 fully saturated rings. The number of anilines is 1. The number of carbonyl (C=O) groups is 1. The molecule has 2 unspecified atom stereocenters. The summed E-state index contributed by atoms with van der Waals surface area (Å²) in [6.07, 6.45) is 10.5. The first-order valence-electron chi connectivity index (χ1n) is 16.6. The van der Waals surface area contributed by atoms with Crippen molar-refractivity contribution in [3.05, 3.63) is 82.9 Å². The van der Waals surface area contributed by atoms with Crippen LogP contribution in [0.1, 0.15) is 73.9 Å². The molecule has 1 aliphatic heterocycles. The predicted octanol–water partition coefficient (Wildman–Crippen LogP) is 5.86. The van der Waals surface area contributed by atoms with Gasteiger partial charge in [-0.1, -0.05) is 56.2 Å². The van der Waals surface area contributed by atoms with Crippen LogP contribution in [0.15, 0.2) is 61.2 Å². The van der Waals surface area contributed by atoms with Crippen LogP contribution in [0.2, 0.25) is 5.02 Å². The van der Waals surface area contributed by atoms with E-state index < -0.39 is 32.7 Å². The Morgan fingerprint density at radius 3 is 2.70 bits per heavy atom. The monoisotopic (exact) mass is 669 g/mol. The number of nitrogens with two attached hydrogens (primary N) is 1. The van der Waals surface area contributed by atoms with Gasteiger partial charge in [0, 0.05) is 36.8 Å². The van der Waals surface area contributed by atoms with E-state index in [1.807, 2.05) is 31.2 Å². The molecule has 250 valence electrons. The van der Waals surface area contributed by atoms with Crippen LogP contribution < -0.4 is 15.4 Å². The minimum absolute atomic E-state index is 0.0856. The second-order valence-electron chi connectivity index (χ2n) is 13.0. The number of ether oxygens (including phenoxy) is 1. The van der Waals surface area contributed by atoms with Gasteiger partial charge in [0.15, 0.2) is 0 Å². The highest BCUT2D eigenvalue weighted by Gasteiger charge is 2.55. The van der Waals surface area contributed by atoms with Gasteiger partial charge in [-0.2, -0.15) is 0 Å². The van der Waals surface area contributed by atoms with Crippen molar-refractivity contribution in [3.8, 4) is 5.75 Å². The third-order valence-corrected chi connectivity index (χ3v) is 13.1. The van der Waals surface area contributed by atoms with E-state index >= 15 is 0 Å².